The molecule has 0 saturated carbocycles. The molecule has 0 bridgehead atoms. The highest BCUT2D eigenvalue weighted by Gasteiger charge is 2.28. The molecular weight excluding hydrogens is 356 g/mol. The fraction of sp³-hybridized carbons (Fsp3) is 0.154. The smallest absolute Gasteiger partial charge is 0.252 e. The van der Waals surface area contributed by atoms with E-state index < -0.39 is 5.41 Å². The Kier molecular flexibility index (Phi) is 6.40. The van der Waals surface area contributed by atoms with Crippen LogP contribution >= 0.6 is 0 Å². The molecule has 3 nitrogen and oxygen atoms in total. The minimum absolute atomic E-state index is 0.0581. The van der Waals surface area contributed by atoms with Gasteiger partial charge in [-0.15, -0.1) is 0 Å². The topological polar surface area (TPSA) is 32.7 Å². The third kappa shape index (κ3) is 5.52. The summed E-state index contributed by atoms with van der Waals surface area (Å²) in [6, 6.07) is 27.7. The van der Waals surface area contributed by atoms with Crippen molar-refractivity contribution in [2.45, 2.75) is 20.8 Å². The van der Waals surface area contributed by atoms with Gasteiger partial charge in [-0.25, -0.2) is 5.01 Å². The third-order valence-corrected chi connectivity index (χ3v) is 4.40. The SMILES string of the molecule is CC(C)(C)C(=O)N(/N=C/c1ccccc1/C=C/c1ccccc1)c1ccccc1. The zero-order chi connectivity index (χ0) is 20.7. The number of carbonyl (C=O) groups excluding carboxylic acids is 1. The maximum Gasteiger partial charge on any atom is 0.252 e. The van der Waals surface area contributed by atoms with Gasteiger partial charge in [-0.1, -0.05) is 106 Å². The van der Waals surface area contributed by atoms with Crippen LogP contribution in [0.5, 0.6) is 0 Å². The van der Waals surface area contributed by atoms with Crippen LogP contribution in [0.3, 0.4) is 0 Å². The lowest BCUT2D eigenvalue weighted by atomic mass is 9.95. The quantitative estimate of drug-likeness (QED) is 0.291. The molecule has 0 fully saturated rings. The van der Waals surface area contributed by atoms with Gasteiger partial charge in [0.05, 0.1) is 11.9 Å². The molecule has 0 saturated heterocycles. The second-order valence-corrected chi connectivity index (χ2v) is 7.82. The lowest BCUT2D eigenvalue weighted by Gasteiger charge is -2.25. The van der Waals surface area contributed by atoms with Crippen LogP contribution in [0.2, 0.25) is 0 Å². The number of amides is 1. The summed E-state index contributed by atoms with van der Waals surface area (Å²) in [4.78, 5) is 13.0. The highest BCUT2D eigenvalue weighted by atomic mass is 16.2. The Labute approximate surface area is 173 Å². The number of rotatable bonds is 5. The summed E-state index contributed by atoms with van der Waals surface area (Å²) in [5.74, 6) is -0.0581. The molecule has 0 unspecified atom stereocenters. The van der Waals surface area contributed by atoms with E-state index in [1.165, 1.54) is 5.01 Å². The van der Waals surface area contributed by atoms with E-state index in [1.807, 2.05) is 93.6 Å². The molecule has 0 spiro atoms. The number of carbonyl (C=O) groups is 1. The summed E-state index contributed by atoms with van der Waals surface area (Å²) in [5, 5.41) is 6.05. The van der Waals surface area contributed by atoms with Gasteiger partial charge in [0, 0.05) is 11.0 Å². The highest BCUT2D eigenvalue weighted by molar-refractivity contribution is 5.98. The molecule has 0 aliphatic carbocycles. The Morgan fingerprint density at radius 3 is 1.93 bits per heavy atom. The molecule has 0 atom stereocenters. The first-order valence-corrected chi connectivity index (χ1v) is 9.71. The minimum atomic E-state index is -0.542. The summed E-state index contributed by atoms with van der Waals surface area (Å²) in [5.41, 5.74) is 3.33. The summed E-state index contributed by atoms with van der Waals surface area (Å²) in [7, 11) is 0. The van der Waals surface area contributed by atoms with Crippen LogP contribution in [0.4, 0.5) is 5.69 Å². The van der Waals surface area contributed by atoms with Crippen LogP contribution in [0.15, 0.2) is 90.0 Å². The van der Waals surface area contributed by atoms with Crippen LogP contribution in [-0.2, 0) is 4.79 Å². The normalized spacial score (nSPS) is 11.8. The van der Waals surface area contributed by atoms with Crippen molar-refractivity contribution in [1.82, 2.24) is 0 Å². The average molecular weight is 383 g/mol. The average Bonchev–Trinajstić information content (AvgIpc) is 2.74. The van der Waals surface area contributed by atoms with E-state index in [-0.39, 0.29) is 5.91 Å². The second kappa shape index (κ2) is 9.16. The largest absolute Gasteiger partial charge is 0.272 e. The molecule has 0 aromatic heterocycles. The Bertz CT molecular complexity index is 1000. The Morgan fingerprint density at radius 2 is 1.31 bits per heavy atom. The predicted molar refractivity (Wildman–Crippen MR) is 123 cm³/mol. The molecule has 1 amide bonds. The molecule has 3 aromatic rings. The van der Waals surface area contributed by atoms with Crippen LogP contribution in [0, 0.1) is 5.41 Å². The molecule has 0 radical (unpaired) electrons. The van der Waals surface area contributed by atoms with Crippen molar-refractivity contribution < 1.29 is 4.79 Å². The van der Waals surface area contributed by atoms with E-state index in [0.29, 0.717) is 0 Å². The minimum Gasteiger partial charge on any atom is -0.272 e. The van der Waals surface area contributed by atoms with Crippen molar-refractivity contribution in [1.29, 1.82) is 0 Å². The van der Waals surface area contributed by atoms with Crippen molar-refractivity contribution in [3.05, 3.63) is 102 Å². The van der Waals surface area contributed by atoms with E-state index >= 15 is 0 Å². The van der Waals surface area contributed by atoms with Crippen LogP contribution in [0.25, 0.3) is 12.2 Å². The fourth-order valence-corrected chi connectivity index (χ4v) is 2.77. The Balaban J connectivity index is 1.92. The summed E-state index contributed by atoms with van der Waals surface area (Å²) in [6.45, 7) is 5.70. The van der Waals surface area contributed by atoms with Gasteiger partial charge in [-0.2, -0.15) is 5.10 Å². The van der Waals surface area contributed by atoms with Gasteiger partial charge in [-0.3, -0.25) is 4.79 Å². The molecule has 3 heteroatoms. The van der Waals surface area contributed by atoms with E-state index in [4.69, 9.17) is 0 Å². The number of anilines is 1. The molecule has 29 heavy (non-hydrogen) atoms. The van der Waals surface area contributed by atoms with Crippen LogP contribution < -0.4 is 5.01 Å². The zero-order valence-corrected chi connectivity index (χ0v) is 17.1. The first kappa shape index (κ1) is 20.3. The van der Waals surface area contributed by atoms with E-state index in [1.54, 1.807) is 6.21 Å². The first-order valence-electron chi connectivity index (χ1n) is 9.71. The lowest BCUT2D eigenvalue weighted by molar-refractivity contribution is -0.125. The van der Waals surface area contributed by atoms with Crippen molar-refractivity contribution in [2.75, 3.05) is 5.01 Å². The summed E-state index contributed by atoms with van der Waals surface area (Å²) >= 11 is 0. The first-order chi connectivity index (χ1) is 13.9. The molecule has 0 aliphatic rings. The Morgan fingerprint density at radius 1 is 0.759 bits per heavy atom. The fourth-order valence-electron chi connectivity index (χ4n) is 2.77. The van der Waals surface area contributed by atoms with Crippen LogP contribution in [-0.4, -0.2) is 12.1 Å². The summed E-state index contributed by atoms with van der Waals surface area (Å²) < 4.78 is 0. The molecule has 0 heterocycles. The molecule has 0 N–H and O–H groups in total. The van der Waals surface area contributed by atoms with Crippen molar-refractivity contribution in [3.8, 4) is 0 Å². The van der Waals surface area contributed by atoms with Crippen molar-refractivity contribution >= 4 is 30.0 Å². The van der Waals surface area contributed by atoms with Gasteiger partial charge in [0.1, 0.15) is 0 Å². The Hall–Kier alpha value is -3.46. The molecule has 3 aromatic carbocycles. The zero-order valence-electron chi connectivity index (χ0n) is 17.1. The molecule has 146 valence electrons. The van der Waals surface area contributed by atoms with E-state index in [2.05, 4.69) is 29.4 Å². The number of benzene rings is 3. The van der Waals surface area contributed by atoms with Gasteiger partial charge < -0.3 is 0 Å². The maximum absolute atomic E-state index is 13.0. The third-order valence-electron chi connectivity index (χ3n) is 4.40. The van der Waals surface area contributed by atoms with Crippen molar-refractivity contribution in [3.63, 3.8) is 0 Å². The monoisotopic (exact) mass is 382 g/mol. The number of para-hydroxylation sites is 1. The molecular formula is C26H26N2O. The molecule has 3 rings (SSSR count). The summed E-state index contributed by atoms with van der Waals surface area (Å²) in [6.07, 6.45) is 5.89. The van der Waals surface area contributed by atoms with Crippen molar-refractivity contribution in [2.24, 2.45) is 10.5 Å². The molecule has 0 aliphatic heterocycles. The predicted octanol–water partition coefficient (Wildman–Crippen LogP) is 6.27. The number of hydrogen-bond acceptors (Lipinski definition) is 2. The van der Waals surface area contributed by atoms with E-state index in [9.17, 15) is 4.79 Å². The maximum atomic E-state index is 13.0. The van der Waals surface area contributed by atoms with Gasteiger partial charge in [0.25, 0.3) is 5.91 Å². The highest BCUT2D eigenvalue weighted by Crippen LogP contribution is 2.24. The van der Waals surface area contributed by atoms with Gasteiger partial charge in [0.15, 0.2) is 0 Å². The van der Waals surface area contributed by atoms with Gasteiger partial charge in [-0.05, 0) is 23.3 Å². The van der Waals surface area contributed by atoms with Gasteiger partial charge >= 0.3 is 0 Å². The van der Waals surface area contributed by atoms with Gasteiger partial charge in [0.2, 0.25) is 0 Å². The van der Waals surface area contributed by atoms with E-state index in [0.717, 1.165) is 22.4 Å². The lowest BCUT2D eigenvalue weighted by Crippen LogP contribution is -2.36. The van der Waals surface area contributed by atoms with Crippen LogP contribution in [0.1, 0.15) is 37.5 Å². The number of hydrazone groups is 1. The second-order valence-electron chi connectivity index (χ2n) is 7.82. The standard InChI is InChI=1S/C26H26N2O/c1-26(2,3)25(29)28(24-16-8-5-9-17-24)27-20-23-15-11-10-14-22(23)19-18-21-12-6-4-7-13-21/h4-20H,1-3H3/b19-18+,27-20+. The number of hydrogen-bond donors (Lipinski definition) is 0. The number of nitrogens with zero attached hydrogens (tertiary/aromatic N) is 2.